The third-order valence-corrected chi connectivity index (χ3v) is 10.3. The van der Waals surface area contributed by atoms with Crippen molar-refractivity contribution in [3.63, 3.8) is 0 Å². The van der Waals surface area contributed by atoms with Crippen LogP contribution in [0.4, 0.5) is 0 Å². The second-order valence-electron chi connectivity index (χ2n) is 13.9. The van der Waals surface area contributed by atoms with Gasteiger partial charge in [0, 0.05) is 59.2 Å². The second kappa shape index (κ2) is 13.7. The highest BCUT2D eigenvalue weighted by molar-refractivity contribution is 7.99. The molecule has 0 saturated heterocycles. The highest BCUT2D eigenvalue weighted by Gasteiger charge is 2.33. The van der Waals surface area contributed by atoms with E-state index in [1.54, 1.807) is 0 Å². The molecule has 0 aromatic rings. The molecule has 6 heteroatoms. The molecule has 216 valence electrons. The number of hydrogen-bond donors (Lipinski definition) is 2. The fourth-order valence-electron chi connectivity index (χ4n) is 4.84. The fourth-order valence-corrected chi connectivity index (χ4v) is 8.13. The van der Waals surface area contributed by atoms with Crippen LogP contribution in [-0.4, -0.2) is 32.5 Å². The molecule has 4 nitrogen and oxygen atoms in total. The van der Waals surface area contributed by atoms with E-state index in [1.165, 1.54) is 0 Å². The number of aliphatic hydroxyl groups excluding tert-OH is 2. The molecule has 0 saturated carbocycles. The SMILES string of the molecule is CC1(C)C=C(C=CC2=CC(C)(C)C=C(CCCCC(C)(C)CO)[S+]2[O-])[S+]([O-])C(CCCCC(C)(C)CO)=C1. The van der Waals surface area contributed by atoms with E-state index in [4.69, 9.17) is 0 Å². The van der Waals surface area contributed by atoms with Gasteiger partial charge in [0.15, 0.2) is 9.81 Å². The molecule has 2 N–H and O–H groups in total. The Morgan fingerprint density at radius 2 is 1.00 bits per heavy atom. The lowest BCUT2D eigenvalue weighted by Gasteiger charge is -2.28. The molecule has 0 amide bonds. The van der Waals surface area contributed by atoms with Gasteiger partial charge in [-0.3, -0.25) is 0 Å². The van der Waals surface area contributed by atoms with Crippen molar-refractivity contribution in [2.75, 3.05) is 13.2 Å². The van der Waals surface area contributed by atoms with Crippen LogP contribution in [0.2, 0.25) is 0 Å². The Labute approximate surface area is 238 Å². The maximum absolute atomic E-state index is 13.4. The summed E-state index contributed by atoms with van der Waals surface area (Å²) in [4.78, 5) is 3.48. The summed E-state index contributed by atoms with van der Waals surface area (Å²) >= 11 is -2.45. The van der Waals surface area contributed by atoms with Crippen molar-refractivity contribution < 1.29 is 19.3 Å². The average molecular weight is 565 g/mol. The van der Waals surface area contributed by atoms with Gasteiger partial charge in [-0.1, -0.05) is 68.2 Å². The van der Waals surface area contributed by atoms with Crippen molar-refractivity contribution in [1.82, 2.24) is 0 Å². The van der Waals surface area contributed by atoms with Gasteiger partial charge in [-0.25, -0.2) is 0 Å². The summed E-state index contributed by atoms with van der Waals surface area (Å²) in [6, 6.07) is 0. The van der Waals surface area contributed by atoms with Crippen molar-refractivity contribution in [2.45, 2.75) is 107 Å². The largest absolute Gasteiger partial charge is 0.607 e. The van der Waals surface area contributed by atoms with Gasteiger partial charge in [0.2, 0.25) is 0 Å². The molecule has 2 heterocycles. The van der Waals surface area contributed by atoms with E-state index in [2.05, 4.69) is 79.7 Å². The minimum absolute atomic E-state index is 0.0758. The Morgan fingerprint density at radius 3 is 1.32 bits per heavy atom. The van der Waals surface area contributed by atoms with E-state index in [0.29, 0.717) is 0 Å². The summed E-state index contributed by atoms with van der Waals surface area (Å²) in [5.41, 5.74) is -0.540. The summed E-state index contributed by atoms with van der Waals surface area (Å²) < 4.78 is 26.9. The number of allylic oxidation sites excluding steroid dienone is 8. The summed E-state index contributed by atoms with van der Waals surface area (Å²) in [5, 5.41) is 19.0. The monoisotopic (exact) mass is 564 g/mol. The lowest BCUT2D eigenvalue weighted by molar-refractivity contribution is 0.147. The van der Waals surface area contributed by atoms with E-state index < -0.39 is 22.4 Å². The summed E-state index contributed by atoms with van der Waals surface area (Å²) in [5.74, 6) is 0. The van der Waals surface area contributed by atoms with E-state index in [1.807, 2.05) is 12.2 Å². The molecular formula is C32H52O4S2. The van der Waals surface area contributed by atoms with Gasteiger partial charge < -0.3 is 19.3 Å². The lowest BCUT2D eigenvalue weighted by atomic mass is 9.87. The molecule has 0 aliphatic carbocycles. The minimum atomic E-state index is -1.22. The molecule has 2 unspecified atom stereocenters. The minimum Gasteiger partial charge on any atom is -0.607 e. The molecule has 2 atom stereocenters. The molecule has 0 aromatic heterocycles. The van der Waals surface area contributed by atoms with Crippen molar-refractivity contribution >= 4 is 22.4 Å². The van der Waals surface area contributed by atoms with Crippen LogP contribution in [-0.2, 0) is 22.4 Å². The lowest BCUT2D eigenvalue weighted by Crippen LogP contribution is -2.20. The Balaban J connectivity index is 2.06. The Hall–Kier alpha value is -0.760. The van der Waals surface area contributed by atoms with Gasteiger partial charge in [0.05, 0.1) is 0 Å². The molecule has 38 heavy (non-hydrogen) atoms. The predicted octanol–water partition coefficient (Wildman–Crippen LogP) is 7.81. The van der Waals surface area contributed by atoms with Crippen LogP contribution in [0.15, 0.2) is 56.1 Å². The van der Waals surface area contributed by atoms with Crippen molar-refractivity contribution in [3.05, 3.63) is 56.1 Å². The van der Waals surface area contributed by atoms with Crippen molar-refractivity contribution in [2.24, 2.45) is 21.7 Å². The quantitative estimate of drug-likeness (QED) is 0.166. The maximum atomic E-state index is 13.4. The van der Waals surface area contributed by atoms with Crippen LogP contribution < -0.4 is 0 Å². The molecule has 0 spiro atoms. The molecule has 2 aliphatic rings. The Kier molecular flexibility index (Phi) is 12.1. The van der Waals surface area contributed by atoms with Gasteiger partial charge in [0.25, 0.3) is 0 Å². The van der Waals surface area contributed by atoms with Gasteiger partial charge >= 0.3 is 0 Å². The molecule has 0 aromatic carbocycles. The fraction of sp³-hybridized carbons (Fsp3) is 0.688. The van der Waals surface area contributed by atoms with E-state index in [-0.39, 0.29) is 34.9 Å². The van der Waals surface area contributed by atoms with Crippen molar-refractivity contribution in [3.8, 4) is 0 Å². The average Bonchev–Trinajstić information content (AvgIpc) is 2.82. The Morgan fingerprint density at radius 1 is 0.658 bits per heavy atom. The van der Waals surface area contributed by atoms with E-state index in [9.17, 15) is 19.3 Å². The summed E-state index contributed by atoms with van der Waals surface area (Å²) in [7, 11) is 0. The number of hydrogen-bond acceptors (Lipinski definition) is 4. The van der Waals surface area contributed by atoms with Crippen LogP contribution >= 0.6 is 0 Å². The van der Waals surface area contributed by atoms with Gasteiger partial charge in [-0.05, 0) is 73.0 Å². The number of unbranched alkanes of at least 4 members (excludes halogenated alkanes) is 2. The molecular weight excluding hydrogens is 512 g/mol. The highest BCUT2D eigenvalue weighted by Crippen LogP contribution is 2.40. The molecule has 0 bridgehead atoms. The summed E-state index contributed by atoms with van der Waals surface area (Å²) in [6.07, 6.45) is 19.5. The molecule has 2 rings (SSSR count). The molecule has 0 radical (unpaired) electrons. The third-order valence-electron chi connectivity index (χ3n) is 7.32. The van der Waals surface area contributed by atoms with Gasteiger partial charge in [0.1, 0.15) is 9.81 Å². The van der Waals surface area contributed by atoms with Crippen LogP contribution in [0.5, 0.6) is 0 Å². The van der Waals surface area contributed by atoms with Crippen LogP contribution in [0.3, 0.4) is 0 Å². The summed E-state index contributed by atoms with van der Waals surface area (Å²) in [6.45, 7) is 17.2. The standard InChI is InChI=1S/C32H52O4S2/c1-29(2,23-33)17-11-9-13-25-19-31(5,6)21-27(37(25)35)15-16-28-22-32(7,8)20-26(38(28)36)14-10-12-18-30(3,4)24-34/h15-16,19-22,33-34H,9-14,17-18,23-24H2,1-8H3. The number of rotatable bonds is 14. The number of aliphatic hydroxyl groups is 2. The zero-order valence-corrected chi connectivity index (χ0v) is 26.7. The third kappa shape index (κ3) is 10.7. The van der Waals surface area contributed by atoms with Crippen LogP contribution in [0, 0.1) is 21.7 Å². The molecule has 2 aliphatic heterocycles. The first-order chi connectivity index (χ1) is 17.5. The van der Waals surface area contributed by atoms with E-state index in [0.717, 1.165) is 71.0 Å². The zero-order chi connectivity index (χ0) is 28.8. The van der Waals surface area contributed by atoms with Gasteiger partial charge in [-0.2, -0.15) is 0 Å². The smallest absolute Gasteiger partial charge is 0.155 e. The zero-order valence-electron chi connectivity index (χ0n) is 25.1. The molecule has 0 fully saturated rings. The topological polar surface area (TPSA) is 86.6 Å². The first-order valence-corrected chi connectivity index (χ1v) is 16.4. The second-order valence-corrected chi connectivity index (χ2v) is 17.0. The van der Waals surface area contributed by atoms with Gasteiger partial charge in [-0.15, -0.1) is 0 Å². The van der Waals surface area contributed by atoms with Crippen molar-refractivity contribution in [1.29, 1.82) is 0 Å². The maximum Gasteiger partial charge on any atom is 0.155 e. The first kappa shape index (κ1) is 33.4. The predicted molar refractivity (Wildman–Crippen MR) is 164 cm³/mol. The highest BCUT2D eigenvalue weighted by atomic mass is 32.2. The van der Waals surface area contributed by atoms with Crippen LogP contribution in [0.1, 0.15) is 107 Å². The first-order valence-electron chi connectivity index (χ1n) is 14.1. The Bertz CT molecular complexity index is 875. The van der Waals surface area contributed by atoms with E-state index >= 15 is 0 Å². The van der Waals surface area contributed by atoms with Crippen LogP contribution in [0.25, 0.3) is 0 Å². The normalized spacial score (nSPS) is 23.7.